The molecule has 1 aromatic rings. The van der Waals surface area contributed by atoms with Crippen molar-refractivity contribution >= 4 is 28.8 Å². The van der Waals surface area contributed by atoms with Gasteiger partial charge in [0.05, 0.1) is 13.2 Å². The molecule has 1 aliphatic rings. The lowest BCUT2D eigenvalue weighted by Crippen LogP contribution is -2.54. The Labute approximate surface area is 128 Å². The Morgan fingerprint density at radius 1 is 1.62 bits per heavy atom. The maximum Gasteiger partial charge on any atom is 0.245 e. The number of hydrogen-bond acceptors (Lipinski definition) is 4. The number of ether oxygens (including phenoxy) is 1. The van der Waals surface area contributed by atoms with Gasteiger partial charge in [-0.3, -0.25) is 4.79 Å². The molecule has 0 aromatic heterocycles. The molecule has 1 fully saturated rings. The summed E-state index contributed by atoms with van der Waals surface area (Å²) in [5.41, 5.74) is 6.27. The van der Waals surface area contributed by atoms with E-state index in [9.17, 15) is 9.18 Å². The minimum atomic E-state index is -0.485. The molecule has 0 spiro atoms. The number of nitrogens with zero attached hydrogens (tertiary/aromatic N) is 1. The first-order valence-corrected chi connectivity index (χ1v) is 7.17. The fourth-order valence-electron chi connectivity index (χ4n) is 2.30. The normalized spacial score (nSPS) is 18.4. The van der Waals surface area contributed by atoms with Gasteiger partial charge < -0.3 is 20.7 Å². The van der Waals surface area contributed by atoms with Gasteiger partial charge in [-0.1, -0.05) is 12.2 Å². The van der Waals surface area contributed by atoms with E-state index in [-0.39, 0.29) is 23.1 Å². The number of halogens is 1. The lowest BCUT2D eigenvalue weighted by Gasteiger charge is -2.36. The maximum atomic E-state index is 14.0. The smallest absolute Gasteiger partial charge is 0.245 e. The number of nitrogens with one attached hydrogen (secondary N) is 1. The third-order valence-electron chi connectivity index (χ3n) is 3.33. The van der Waals surface area contributed by atoms with Crippen molar-refractivity contribution in [3.63, 3.8) is 0 Å². The Bertz CT molecular complexity index is 553. The predicted octanol–water partition coefficient (Wildman–Crippen LogP) is 0.801. The Kier molecular flexibility index (Phi) is 5.08. The number of anilines is 1. The molecule has 114 valence electrons. The van der Waals surface area contributed by atoms with Crippen LogP contribution >= 0.6 is 12.2 Å². The highest BCUT2D eigenvalue weighted by molar-refractivity contribution is 7.80. The zero-order valence-corrected chi connectivity index (χ0v) is 12.6. The Morgan fingerprint density at radius 3 is 3.00 bits per heavy atom. The largest absolute Gasteiger partial charge is 0.389 e. The average Bonchev–Trinajstić information content (AvgIpc) is 2.47. The second-order valence-electron chi connectivity index (χ2n) is 4.71. The topological polar surface area (TPSA) is 67.6 Å². The lowest BCUT2D eigenvalue weighted by molar-refractivity contribution is -0.124. The molecule has 1 heterocycles. The molecule has 3 N–H and O–H groups in total. The van der Waals surface area contributed by atoms with E-state index in [2.05, 4.69) is 5.32 Å². The molecule has 7 heteroatoms. The monoisotopic (exact) mass is 311 g/mol. The highest BCUT2D eigenvalue weighted by Gasteiger charge is 2.29. The summed E-state index contributed by atoms with van der Waals surface area (Å²) in [6.07, 6.45) is 0. The van der Waals surface area contributed by atoms with E-state index in [1.165, 1.54) is 12.1 Å². The van der Waals surface area contributed by atoms with Gasteiger partial charge >= 0.3 is 0 Å². The van der Waals surface area contributed by atoms with Crippen molar-refractivity contribution in [2.45, 2.75) is 13.0 Å². The molecule has 0 radical (unpaired) electrons. The Morgan fingerprint density at radius 2 is 2.38 bits per heavy atom. The molecule has 21 heavy (non-hydrogen) atoms. The summed E-state index contributed by atoms with van der Waals surface area (Å²) in [4.78, 5) is 13.9. The van der Waals surface area contributed by atoms with Crippen LogP contribution in [0.15, 0.2) is 18.2 Å². The molecule has 1 atom stereocenters. The van der Waals surface area contributed by atoms with Crippen LogP contribution in [0.3, 0.4) is 0 Å². The van der Waals surface area contributed by atoms with Gasteiger partial charge in [-0.2, -0.15) is 0 Å². The van der Waals surface area contributed by atoms with E-state index >= 15 is 0 Å². The van der Waals surface area contributed by atoms with Crippen LogP contribution in [0.1, 0.15) is 12.5 Å². The zero-order chi connectivity index (χ0) is 15.4. The van der Waals surface area contributed by atoms with E-state index in [1.54, 1.807) is 6.07 Å². The number of carbonyl (C=O) groups is 1. The van der Waals surface area contributed by atoms with Crippen molar-refractivity contribution in [3.8, 4) is 0 Å². The van der Waals surface area contributed by atoms with Crippen molar-refractivity contribution in [2.75, 3.05) is 31.2 Å². The standard InChI is InChI=1S/C14H18FN3O2S/c1-2-17-14(19)12-8-20-6-5-18(12)9-3-4-10(13(16)21)11(15)7-9/h3-4,7,12H,2,5-6,8H2,1H3,(H2,16,21)(H,17,19). The van der Waals surface area contributed by atoms with Crippen LogP contribution in [0.4, 0.5) is 10.1 Å². The molecule has 1 aromatic carbocycles. The molecule has 1 aliphatic heterocycles. The summed E-state index contributed by atoms with van der Waals surface area (Å²) in [6.45, 7) is 3.69. The SMILES string of the molecule is CCNC(=O)C1COCCN1c1ccc(C(N)=S)c(F)c1. The van der Waals surface area contributed by atoms with Gasteiger partial charge in [0.25, 0.3) is 0 Å². The van der Waals surface area contributed by atoms with E-state index < -0.39 is 11.9 Å². The van der Waals surface area contributed by atoms with Crippen LogP contribution in [0.2, 0.25) is 0 Å². The number of nitrogens with two attached hydrogens (primary N) is 1. The first-order chi connectivity index (χ1) is 10.0. The Balaban J connectivity index is 2.27. The number of benzene rings is 1. The molecule has 1 saturated heterocycles. The third kappa shape index (κ3) is 3.48. The van der Waals surface area contributed by atoms with E-state index in [0.29, 0.717) is 25.4 Å². The molecular formula is C14H18FN3O2S. The summed E-state index contributed by atoms with van der Waals surface area (Å²) in [5.74, 6) is -0.614. The molecule has 0 saturated carbocycles. The van der Waals surface area contributed by atoms with E-state index in [0.717, 1.165) is 0 Å². The number of carbonyl (C=O) groups excluding carboxylic acids is 1. The number of amides is 1. The van der Waals surface area contributed by atoms with Gasteiger partial charge in [0.2, 0.25) is 5.91 Å². The van der Waals surface area contributed by atoms with E-state index in [4.69, 9.17) is 22.7 Å². The van der Waals surface area contributed by atoms with Crippen LogP contribution in [0.25, 0.3) is 0 Å². The van der Waals surface area contributed by atoms with Gasteiger partial charge in [0, 0.05) is 24.3 Å². The highest BCUT2D eigenvalue weighted by atomic mass is 32.1. The van der Waals surface area contributed by atoms with Crippen LogP contribution in [-0.2, 0) is 9.53 Å². The summed E-state index contributed by atoms with van der Waals surface area (Å²) in [5, 5.41) is 2.76. The number of morpholine rings is 1. The van der Waals surface area contributed by atoms with Gasteiger partial charge in [-0.05, 0) is 25.1 Å². The first kappa shape index (κ1) is 15.7. The van der Waals surface area contributed by atoms with Crippen LogP contribution in [0.5, 0.6) is 0 Å². The third-order valence-corrected chi connectivity index (χ3v) is 3.55. The number of hydrogen-bond donors (Lipinski definition) is 2. The van der Waals surface area contributed by atoms with Crippen molar-refractivity contribution in [3.05, 3.63) is 29.6 Å². The van der Waals surface area contributed by atoms with Crippen molar-refractivity contribution in [1.82, 2.24) is 5.32 Å². The van der Waals surface area contributed by atoms with E-state index in [1.807, 2.05) is 11.8 Å². The maximum absolute atomic E-state index is 14.0. The van der Waals surface area contributed by atoms with Crippen LogP contribution in [-0.4, -0.2) is 43.2 Å². The molecule has 1 unspecified atom stereocenters. The van der Waals surface area contributed by atoms with Gasteiger partial charge in [0.15, 0.2) is 0 Å². The number of likely N-dealkylation sites (N-methyl/N-ethyl adjacent to an activating group) is 1. The summed E-state index contributed by atoms with van der Waals surface area (Å²) < 4.78 is 19.4. The highest BCUT2D eigenvalue weighted by Crippen LogP contribution is 2.23. The van der Waals surface area contributed by atoms with Crippen LogP contribution < -0.4 is 16.0 Å². The molecule has 1 amide bonds. The molecule has 2 rings (SSSR count). The minimum Gasteiger partial charge on any atom is -0.389 e. The number of thiocarbonyl (C=S) groups is 1. The van der Waals surface area contributed by atoms with Gasteiger partial charge in [-0.15, -0.1) is 0 Å². The summed E-state index contributed by atoms with van der Waals surface area (Å²) >= 11 is 4.79. The molecule has 5 nitrogen and oxygen atoms in total. The van der Waals surface area contributed by atoms with Gasteiger partial charge in [0.1, 0.15) is 16.8 Å². The molecule has 0 aliphatic carbocycles. The first-order valence-electron chi connectivity index (χ1n) is 6.76. The fraction of sp³-hybridized carbons (Fsp3) is 0.429. The predicted molar refractivity (Wildman–Crippen MR) is 82.9 cm³/mol. The molecule has 0 bridgehead atoms. The quantitative estimate of drug-likeness (QED) is 0.805. The minimum absolute atomic E-state index is 0.0151. The number of rotatable bonds is 4. The Hall–Kier alpha value is -1.73. The molecular weight excluding hydrogens is 293 g/mol. The van der Waals surface area contributed by atoms with Crippen molar-refractivity contribution in [2.24, 2.45) is 5.73 Å². The average molecular weight is 311 g/mol. The van der Waals surface area contributed by atoms with Crippen molar-refractivity contribution < 1.29 is 13.9 Å². The summed E-state index contributed by atoms with van der Waals surface area (Å²) in [7, 11) is 0. The summed E-state index contributed by atoms with van der Waals surface area (Å²) in [6, 6.07) is 4.15. The zero-order valence-electron chi connectivity index (χ0n) is 11.8. The second kappa shape index (κ2) is 6.82. The second-order valence-corrected chi connectivity index (χ2v) is 5.15. The van der Waals surface area contributed by atoms with Gasteiger partial charge in [-0.25, -0.2) is 4.39 Å². The fourth-order valence-corrected chi connectivity index (χ4v) is 2.47. The van der Waals surface area contributed by atoms with Crippen molar-refractivity contribution in [1.29, 1.82) is 0 Å². The van der Waals surface area contributed by atoms with Crippen LogP contribution in [0, 0.1) is 5.82 Å². The lowest BCUT2D eigenvalue weighted by atomic mass is 10.1.